The number of aromatic nitrogens is 4. The number of rotatable bonds is 15. The zero-order valence-electron chi connectivity index (χ0n) is 39.7. The minimum atomic E-state index is -1.37. The third-order valence-corrected chi connectivity index (χ3v) is 15.1. The maximum atomic E-state index is 14.7. The smallest absolute Gasteiger partial charge is 0.435 e. The van der Waals surface area contributed by atoms with Gasteiger partial charge < -0.3 is 29.6 Å². The fourth-order valence-corrected chi connectivity index (χ4v) is 10.4. The van der Waals surface area contributed by atoms with Crippen LogP contribution in [0.2, 0.25) is 25.7 Å². The van der Waals surface area contributed by atoms with E-state index in [9.17, 15) is 14.4 Å². The van der Waals surface area contributed by atoms with Gasteiger partial charge in [0.2, 0.25) is 0 Å². The van der Waals surface area contributed by atoms with Crippen molar-refractivity contribution in [3.63, 3.8) is 0 Å². The maximum Gasteiger partial charge on any atom is 0.435 e. The molecular weight excluding hydrogens is 929 g/mol. The van der Waals surface area contributed by atoms with Crippen LogP contribution in [0.1, 0.15) is 65.2 Å². The molecule has 0 aliphatic carbocycles. The van der Waals surface area contributed by atoms with Gasteiger partial charge in [0, 0.05) is 33.3 Å². The van der Waals surface area contributed by atoms with Gasteiger partial charge in [-0.2, -0.15) is 9.78 Å². The molecule has 4 heterocycles. The molecular formula is C51H54N8O7S2Si. The summed E-state index contributed by atoms with van der Waals surface area (Å²) in [5.41, 5.74) is 11.4. The van der Waals surface area contributed by atoms with Gasteiger partial charge in [-0.15, -0.1) is 0 Å². The molecule has 1 aliphatic rings. The van der Waals surface area contributed by atoms with Crippen molar-refractivity contribution in [1.29, 1.82) is 0 Å². The number of esters is 1. The van der Waals surface area contributed by atoms with Crippen molar-refractivity contribution in [2.45, 2.75) is 78.6 Å². The minimum absolute atomic E-state index is 0.0317. The van der Waals surface area contributed by atoms with Crippen LogP contribution < -0.4 is 20.3 Å². The summed E-state index contributed by atoms with van der Waals surface area (Å²) in [5.74, 6) is -0.302. The highest BCUT2D eigenvalue weighted by Crippen LogP contribution is 2.40. The van der Waals surface area contributed by atoms with Crippen LogP contribution in [0.15, 0.2) is 91.0 Å². The summed E-state index contributed by atoms with van der Waals surface area (Å²) in [7, 11) is -1.37. The fourth-order valence-electron chi connectivity index (χ4n) is 7.60. The van der Waals surface area contributed by atoms with Crippen molar-refractivity contribution >= 4 is 80.7 Å². The van der Waals surface area contributed by atoms with Crippen LogP contribution in [-0.2, 0) is 33.8 Å². The zero-order chi connectivity index (χ0) is 49.0. The molecule has 0 atom stereocenters. The van der Waals surface area contributed by atoms with Gasteiger partial charge in [-0.05, 0) is 98.3 Å². The number of hydrogen-bond acceptors (Lipinski definition) is 14. The van der Waals surface area contributed by atoms with E-state index < -0.39 is 25.7 Å². The van der Waals surface area contributed by atoms with Gasteiger partial charge >= 0.3 is 12.1 Å². The predicted molar refractivity (Wildman–Crippen MR) is 274 cm³/mol. The lowest BCUT2D eigenvalue weighted by Gasteiger charge is -2.31. The van der Waals surface area contributed by atoms with E-state index in [-0.39, 0.29) is 48.7 Å². The van der Waals surface area contributed by atoms with Crippen LogP contribution in [-0.4, -0.2) is 77.9 Å². The van der Waals surface area contributed by atoms with Crippen molar-refractivity contribution in [2.24, 2.45) is 0 Å². The molecule has 0 radical (unpaired) electrons. The Morgan fingerprint density at radius 2 is 1.71 bits per heavy atom. The quantitative estimate of drug-likeness (QED) is 0.0340. The monoisotopic (exact) mass is 982 g/mol. The van der Waals surface area contributed by atoms with E-state index >= 15 is 0 Å². The lowest BCUT2D eigenvalue weighted by molar-refractivity contribution is 0.0510. The second-order valence-electron chi connectivity index (χ2n) is 18.7. The number of thiazole rings is 2. The topological polar surface area (TPSA) is 169 Å². The third kappa shape index (κ3) is 11.2. The molecule has 1 amide bonds. The van der Waals surface area contributed by atoms with Crippen LogP contribution in [0, 0.1) is 6.57 Å². The zero-order valence-corrected chi connectivity index (χ0v) is 42.3. The lowest BCUT2D eigenvalue weighted by atomic mass is 9.94. The predicted octanol–water partition coefficient (Wildman–Crippen LogP) is 11.5. The largest absolute Gasteiger partial charge is 0.489 e. The van der Waals surface area contributed by atoms with Crippen LogP contribution in [0.5, 0.6) is 5.75 Å². The summed E-state index contributed by atoms with van der Waals surface area (Å²) in [6.45, 7) is 23.7. The molecule has 0 fully saturated rings. The number of nitrogen functional groups attached to an aromatic ring is 1. The van der Waals surface area contributed by atoms with E-state index in [2.05, 4.69) is 40.6 Å². The van der Waals surface area contributed by atoms with Crippen LogP contribution >= 0.6 is 22.7 Å². The highest BCUT2D eigenvalue weighted by Gasteiger charge is 2.31. The average Bonchev–Trinajstić information content (AvgIpc) is 4.05. The third-order valence-electron chi connectivity index (χ3n) is 11.1. The molecule has 18 heteroatoms. The Labute approximate surface area is 410 Å². The Hall–Kier alpha value is -6.91. The van der Waals surface area contributed by atoms with Crippen molar-refractivity contribution in [1.82, 2.24) is 19.7 Å². The average molecular weight is 983 g/mol. The molecule has 8 rings (SSSR count). The number of fused-ring (bicyclic) bond motifs is 2. The summed E-state index contributed by atoms with van der Waals surface area (Å²) < 4.78 is 25.2. The number of hydrogen-bond donors (Lipinski definition) is 1. The van der Waals surface area contributed by atoms with Gasteiger partial charge in [-0.1, -0.05) is 103 Å². The van der Waals surface area contributed by atoms with Gasteiger partial charge in [0.1, 0.15) is 36.2 Å². The molecule has 1 aliphatic heterocycles. The molecule has 4 aromatic carbocycles. The Kier molecular flexibility index (Phi) is 14.3. The van der Waals surface area contributed by atoms with Gasteiger partial charge in [0.15, 0.2) is 16.0 Å². The number of benzene rings is 4. The second-order valence-corrected chi connectivity index (χ2v) is 26.3. The number of ether oxygens (including phenoxy) is 4. The number of para-hydroxylation sites is 1. The van der Waals surface area contributed by atoms with Crippen LogP contribution in [0.25, 0.3) is 36.8 Å². The van der Waals surface area contributed by atoms with Crippen molar-refractivity contribution < 1.29 is 33.3 Å². The molecule has 0 bridgehead atoms. The van der Waals surface area contributed by atoms with Crippen molar-refractivity contribution in [3.05, 3.63) is 130 Å². The molecule has 2 N–H and O–H groups in total. The summed E-state index contributed by atoms with van der Waals surface area (Å²) in [6.07, 6.45) is -0.107. The first-order valence-electron chi connectivity index (χ1n) is 22.6. The molecule has 0 saturated carbocycles. The molecule has 69 heavy (non-hydrogen) atoms. The molecule has 0 saturated heterocycles. The number of nitrogens with zero attached hydrogens (tertiary/aromatic N) is 7. The van der Waals surface area contributed by atoms with E-state index in [0.717, 1.165) is 43.2 Å². The lowest BCUT2D eigenvalue weighted by Crippen LogP contribution is -2.37. The number of carbonyl (C=O) groups excluding carboxylic acids is 3. The Balaban J connectivity index is 1.01. The van der Waals surface area contributed by atoms with Gasteiger partial charge in [-0.3, -0.25) is 9.69 Å². The molecule has 0 unspecified atom stereocenters. The number of amides is 1. The summed E-state index contributed by atoms with van der Waals surface area (Å²) in [5, 5.41) is 5.57. The highest BCUT2D eigenvalue weighted by atomic mass is 32.1. The number of nitrogens with two attached hydrogens (primary N) is 1. The minimum Gasteiger partial charge on any atom is -0.489 e. The Bertz CT molecular complexity index is 3040. The highest BCUT2D eigenvalue weighted by molar-refractivity contribution is 7.22. The SMILES string of the molecule is [C-]#[N+]c1c(-c2cccc(OCc3ccc(-c4sc(N5CCc6cccc(C(=O)N(COCC[Si](C)(C)C)c7nc8ccccc8s7)c6C5)nc4C(=O)OCC)cc3)c2)nn(C(=O)OC(C)(C)C)c1N. The van der Waals surface area contributed by atoms with Gasteiger partial charge in [-0.25, -0.2) is 24.4 Å². The van der Waals surface area contributed by atoms with Gasteiger partial charge in [0.05, 0.1) is 28.3 Å². The van der Waals surface area contributed by atoms with E-state index in [1.807, 2.05) is 60.7 Å². The molecule has 7 aromatic rings. The number of carbonyl (C=O) groups is 3. The van der Waals surface area contributed by atoms with Gasteiger partial charge in [0.25, 0.3) is 11.6 Å². The summed E-state index contributed by atoms with van der Waals surface area (Å²) >= 11 is 2.87. The second kappa shape index (κ2) is 20.4. The fraction of sp³-hybridized carbons (Fsp3) is 0.314. The molecule has 15 nitrogen and oxygen atoms in total. The van der Waals surface area contributed by atoms with Crippen LogP contribution in [0.4, 0.5) is 26.6 Å². The number of anilines is 3. The van der Waals surface area contributed by atoms with E-state index in [1.165, 1.54) is 22.7 Å². The standard InChI is InChI=1S/C51H54N8O7S2Si/c1-9-64-47(61)43-44(34-22-20-32(21-23-34)30-65-36-16-12-15-35(28-36)41-42(53-5)45(52)59(56-41)50(62)66-51(2,3)4)68-48(55-43)57-25-24-33-14-13-17-37(38(33)29-57)46(60)58(31-63-26-27-69(6,7)8)49-54-39-18-10-11-19-40(39)67-49/h10-23,28H,9,24-27,29-31,52H2,1-4,6-8H3. The van der Waals surface area contributed by atoms with Crippen LogP contribution in [0.3, 0.4) is 0 Å². The summed E-state index contributed by atoms with van der Waals surface area (Å²) in [6, 6.07) is 29.5. The van der Waals surface area contributed by atoms with Crippen molar-refractivity contribution in [2.75, 3.05) is 42.0 Å². The normalized spacial score (nSPS) is 12.6. The molecule has 0 spiro atoms. The Morgan fingerprint density at radius 1 is 0.942 bits per heavy atom. The van der Waals surface area contributed by atoms with E-state index in [1.54, 1.807) is 56.9 Å². The summed E-state index contributed by atoms with van der Waals surface area (Å²) in [4.78, 5) is 58.8. The maximum absolute atomic E-state index is 14.7. The Morgan fingerprint density at radius 3 is 2.43 bits per heavy atom. The van der Waals surface area contributed by atoms with Crippen molar-refractivity contribution in [3.8, 4) is 27.4 Å². The van der Waals surface area contributed by atoms with E-state index in [4.69, 9.17) is 41.2 Å². The first-order valence-corrected chi connectivity index (χ1v) is 27.9. The molecule has 3 aromatic heterocycles. The molecule has 356 valence electrons. The first kappa shape index (κ1) is 48.5. The van der Waals surface area contributed by atoms with E-state index in [0.29, 0.717) is 58.1 Å². The first-order chi connectivity index (χ1) is 33.0.